The molecule has 0 rings (SSSR count). The van der Waals surface area contributed by atoms with E-state index in [-0.39, 0.29) is 5.75 Å². The average molecular weight is 427 g/mol. The number of carboxylic acids is 2. The maximum Gasteiger partial charge on any atom is 0.327 e. The molecule has 0 aliphatic heterocycles. The Bertz CT molecular complexity index is 637. The van der Waals surface area contributed by atoms with Gasteiger partial charge in [-0.15, -0.1) is 0 Å². The number of thioether (sulfide) groups is 1. The molecule has 29 heavy (non-hydrogen) atoms. The van der Waals surface area contributed by atoms with Crippen molar-refractivity contribution in [3.8, 4) is 0 Å². The van der Waals surface area contributed by atoms with Gasteiger partial charge in [-0.25, -0.2) is 9.59 Å². The van der Waals surface area contributed by atoms with Crippen LogP contribution in [0.5, 0.6) is 0 Å². The van der Waals surface area contributed by atoms with Crippen molar-refractivity contribution in [3.63, 3.8) is 0 Å². The van der Waals surface area contributed by atoms with Crippen molar-refractivity contribution in [2.24, 2.45) is 0 Å². The normalized spacial score (nSPS) is 12.8. The first kappa shape index (κ1) is 26.8. The van der Waals surface area contributed by atoms with E-state index in [0.717, 1.165) is 25.7 Å². The zero-order chi connectivity index (χ0) is 22.2. The second-order valence-electron chi connectivity index (χ2n) is 7.11. The minimum Gasteiger partial charge on any atom is -0.480 e. The fourth-order valence-corrected chi connectivity index (χ4v) is 3.27. The number of carboxylic acid groups (broad SMARTS) is 2. The Balaban J connectivity index is 4.20. The van der Waals surface area contributed by atoms with Crippen molar-refractivity contribution < 1.29 is 24.6 Å². The quantitative estimate of drug-likeness (QED) is 0.247. The molecular weight excluding hydrogens is 392 g/mol. The summed E-state index contributed by atoms with van der Waals surface area (Å²) in [5.74, 6) is -1.50. The highest BCUT2D eigenvalue weighted by atomic mass is 32.2. The smallest absolute Gasteiger partial charge is 0.327 e. The number of nitrogens with one attached hydrogen (secondary N) is 2. The molecule has 0 aromatic carbocycles. The largest absolute Gasteiger partial charge is 0.480 e. The summed E-state index contributed by atoms with van der Waals surface area (Å²) in [6.07, 6.45) is 10.7. The zero-order valence-electron chi connectivity index (χ0n) is 17.8. The molecule has 0 heterocycles. The van der Waals surface area contributed by atoms with Crippen LogP contribution in [0.2, 0.25) is 0 Å². The highest BCUT2D eigenvalue weighted by Crippen LogP contribution is 2.13. The molecule has 7 nitrogen and oxygen atoms in total. The zero-order valence-corrected chi connectivity index (χ0v) is 18.6. The molecule has 0 aromatic rings. The first-order valence-electron chi connectivity index (χ1n) is 9.63. The first-order valence-corrected chi connectivity index (χ1v) is 10.8. The van der Waals surface area contributed by atoms with Gasteiger partial charge in [0, 0.05) is 11.5 Å². The maximum absolute atomic E-state index is 11.5. The molecule has 2 amide bonds. The number of allylic oxidation sites excluding steroid dienone is 5. The van der Waals surface area contributed by atoms with Crippen molar-refractivity contribution in [2.45, 2.75) is 59.4 Å². The molecule has 0 unspecified atom stereocenters. The lowest BCUT2D eigenvalue weighted by Gasteiger charge is -2.14. The van der Waals surface area contributed by atoms with E-state index in [4.69, 9.17) is 5.11 Å². The van der Waals surface area contributed by atoms with Gasteiger partial charge < -0.3 is 20.8 Å². The molecule has 0 aromatic heterocycles. The molecule has 4 N–H and O–H groups in total. The number of hydrogen-bond acceptors (Lipinski definition) is 4. The summed E-state index contributed by atoms with van der Waals surface area (Å²) in [6, 6.07) is -1.88. The number of amides is 2. The summed E-state index contributed by atoms with van der Waals surface area (Å²) in [5.41, 5.74) is 3.97. The second kappa shape index (κ2) is 15.7. The van der Waals surface area contributed by atoms with Crippen molar-refractivity contribution >= 4 is 29.7 Å². The lowest BCUT2D eigenvalue weighted by atomic mass is 10.1. The van der Waals surface area contributed by atoms with Gasteiger partial charge >= 0.3 is 18.0 Å². The minimum absolute atomic E-state index is 0.197. The predicted molar refractivity (Wildman–Crippen MR) is 118 cm³/mol. The van der Waals surface area contributed by atoms with E-state index in [0.29, 0.717) is 5.75 Å². The van der Waals surface area contributed by atoms with Crippen LogP contribution in [0.25, 0.3) is 0 Å². The van der Waals surface area contributed by atoms with Gasteiger partial charge in [-0.3, -0.25) is 4.79 Å². The Labute approximate surface area is 177 Å². The van der Waals surface area contributed by atoms with E-state index in [2.05, 4.69) is 56.6 Å². The van der Waals surface area contributed by atoms with Crippen LogP contribution in [0.3, 0.4) is 0 Å². The van der Waals surface area contributed by atoms with Crippen LogP contribution < -0.4 is 10.6 Å². The standard InChI is InChI=1S/C21H34N2O5S/c1-15(2)7-5-8-16(3)9-6-10-17(4)11-12-29-14-18(20(26)27)23-21(28)22-13-19(24)25/h7,9,11,18H,5-6,8,10,12-14H2,1-4H3,(H,24,25)(H,26,27)(H2,22,23,28)/t18-/m0/s1. The van der Waals surface area contributed by atoms with Gasteiger partial charge in [0.25, 0.3) is 0 Å². The van der Waals surface area contributed by atoms with Crippen molar-refractivity contribution in [3.05, 3.63) is 34.9 Å². The van der Waals surface area contributed by atoms with Gasteiger partial charge in [-0.1, -0.05) is 34.9 Å². The minimum atomic E-state index is -1.19. The fourth-order valence-electron chi connectivity index (χ4n) is 2.27. The van der Waals surface area contributed by atoms with Crippen LogP contribution in [0.4, 0.5) is 4.79 Å². The Morgan fingerprint density at radius 2 is 1.52 bits per heavy atom. The van der Waals surface area contributed by atoms with Gasteiger partial charge in [0.1, 0.15) is 12.6 Å². The summed E-state index contributed by atoms with van der Waals surface area (Å²) < 4.78 is 0. The monoisotopic (exact) mass is 426 g/mol. The second-order valence-corrected chi connectivity index (χ2v) is 8.18. The topological polar surface area (TPSA) is 116 Å². The van der Waals surface area contributed by atoms with Gasteiger partial charge in [0.05, 0.1) is 0 Å². The number of hydrogen-bond donors (Lipinski definition) is 4. The Hall–Kier alpha value is -2.22. The van der Waals surface area contributed by atoms with E-state index in [1.54, 1.807) is 0 Å². The van der Waals surface area contributed by atoms with Crippen LogP contribution in [-0.2, 0) is 9.59 Å². The predicted octanol–water partition coefficient (Wildman–Crippen LogP) is 3.98. The van der Waals surface area contributed by atoms with E-state index in [1.807, 2.05) is 0 Å². The van der Waals surface area contributed by atoms with Gasteiger partial charge in [0.2, 0.25) is 0 Å². The highest BCUT2D eigenvalue weighted by Gasteiger charge is 2.19. The summed E-state index contributed by atoms with van der Waals surface area (Å²) >= 11 is 1.40. The Kier molecular flexibility index (Phi) is 14.5. The van der Waals surface area contributed by atoms with Crippen LogP contribution in [0.1, 0.15) is 53.4 Å². The van der Waals surface area contributed by atoms with Gasteiger partial charge in [-0.2, -0.15) is 11.8 Å². The number of carbonyl (C=O) groups is 3. The lowest BCUT2D eigenvalue weighted by molar-refractivity contribution is -0.138. The van der Waals surface area contributed by atoms with Crippen LogP contribution in [0, 0.1) is 0 Å². The average Bonchev–Trinajstić information content (AvgIpc) is 2.61. The van der Waals surface area contributed by atoms with Crippen LogP contribution >= 0.6 is 11.8 Å². The third-order valence-electron chi connectivity index (χ3n) is 3.96. The molecule has 1 atom stereocenters. The number of aliphatic carboxylic acids is 2. The Morgan fingerprint density at radius 1 is 0.931 bits per heavy atom. The van der Waals surface area contributed by atoms with Crippen molar-refractivity contribution in [2.75, 3.05) is 18.1 Å². The number of rotatable bonds is 14. The molecule has 0 aliphatic rings. The number of urea groups is 1. The molecule has 164 valence electrons. The van der Waals surface area contributed by atoms with Crippen molar-refractivity contribution in [1.82, 2.24) is 10.6 Å². The van der Waals surface area contributed by atoms with E-state index in [9.17, 15) is 19.5 Å². The molecule has 0 fully saturated rings. The molecule has 0 saturated heterocycles. The third kappa shape index (κ3) is 16.4. The molecule has 0 saturated carbocycles. The molecule has 8 heteroatoms. The van der Waals surface area contributed by atoms with Crippen LogP contribution in [-0.4, -0.2) is 52.3 Å². The molecule has 0 radical (unpaired) electrons. The summed E-state index contributed by atoms with van der Waals surface area (Å²) in [7, 11) is 0. The Morgan fingerprint density at radius 3 is 2.07 bits per heavy atom. The highest BCUT2D eigenvalue weighted by molar-refractivity contribution is 7.99. The molecular formula is C21H34N2O5S. The number of carbonyl (C=O) groups excluding carboxylic acids is 1. The fraction of sp³-hybridized carbons (Fsp3) is 0.571. The summed E-state index contributed by atoms with van der Waals surface area (Å²) in [6.45, 7) is 7.86. The SMILES string of the molecule is CC(C)=CCCC(C)=CCCC(C)=CCSC[C@H](NC(=O)NCC(=O)O)C(=O)O. The third-order valence-corrected chi connectivity index (χ3v) is 4.93. The molecule has 0 spiro atoms. The van der Waals surface area contributed by atoms with Gasteiger partial charge in [-0.05, 0) is 53.4 Å². The molecule has 0 aliphatic carbocycles. The van der Waals surface area contributed by atoms with E-state index < -0.39 is 30.6 Å². The van der Waals surface area contributed by atoms with Crippen LogP contribution in [0.15, 0.2) is 34.9 Å². The lowest BCUT2D eigenvalue weighted by Crippen LogP contribution is -2.48. The summed E-state index contributed by atoms with van der Waals surface area (Å²) in [4.78, 5) is 33.1. The van der Waals surface area contributed by atoms with E-state index in [1.165, 1.54) is 28.5 Å². The van der Waals surface area contributed by atoms with E-state index >= 15 is 0 Å². The first-order chi connectivity index (χ1) is 13.6. The summed E-state index contributed by atoms with van der Waals surface area (Å²) in [5, 5.41) is 22.0. The van der Waals surface area contributed by atoms with Gasteiger partial charge in [0.15, 0.2) is 0 Å². The molecule has 0 bridgehead atoms. The maximum atomic E-state index is 11.5. The van der Waals surface area contributed by atoms with Crippen molar-refractivity contribution in [1.29, 1.82) is 0 Å².